The Morgan fingerprint density at radius 3 is 2.05 bits per heavy atom. The van der Waals surface area contributed by atoms with Crippen molar-refractivity contribution in [2.45, 2.75) is 19.9 Å². The SMILES string of the molecule is COc1cc(C(=O)NC(C)C(C)C(=O)O)cc(OC)c1Br. The van der Waals surface area contributed by atoms with Crippen LogP contribution in [0.4, 0.5) is 0 Å². The zero-order valence-electron chi connectivity index (χ0n) is 12.3. The Balaban J connectivity index is 3.00. The molecule has 0 aliphatic rings. The van der Waals surface area contributed by atoms with Crippen LogP contribution in [0.5, 0.6) is 11.5 Å². The van der Waals surface area contributed by atoms with Gasteiger partial charge in [0.05, 0.1) is 20.1 Å². The van der Waals surface area contributed by atoms with Crippen LogP contribution in [0.15, 0.2) is 16.6 Å². The molecule has 1 aromatic carbocycles. The highest BCUT2D eigenvalue weighted by molar-refractivity contribution is 9.10. The van der Waals surface area contributed by atoms with E-state index < -0.39 is 17.9 Å². The molecule has 0 aliphatic heterocycles. The summed E-state index contributed by atoms with van der Waals surface area (Å²) in [6, 6.07) is 2.61. The number of amides is 1. The van der Waals surface area contributed by atoms with Gasteiger partial charge in [0, 0.05) is 11.6 Å². The second-order valence-electron chi connectivity index (χ2n) is 4.58. The molecule has 0 saturated heterocycles. The number of ether oxygens (including phenoxy) is 2. The highest BCUT2D eigenvalue weighted by Crippen LogP contribution is 2.35. The summed E-state index contributed by atoms with van der Waals surface area (Å²) < 4.78 is 10.9. The average Bonchev–Trinajstić information content (AvgIpc) is 2.46. The summed E-state index contributed by atoms with van der Waals surface area (Å²) in [6.07, 6.45) is 0. The van der Waals surface area contributed by atoms with E-state index in [1.165, 1.54) is 21.1 Å². The molecule has 1 aromatic rings. The molecule has 7 heteroatoms. The third-order valence-corrected chi connectivity index (χ3v) is 3.99. The van der Waals surface area contributed by atoms with Crippen molar-refractivity contribution < 1.29 is 24.2 Å². The zero-order chi connectivity index (χ0) is 16.2. The summed E-state index contributed by atoms with van der Waals surface area (Å²) in [6.45, 7) is 3.18. The average molecular weight is 360 g/mol. The van der Waals surface area contributed by atoms with Crippen molar-refractivity contribution in [2.75, 3.05) is 14.2 Å². The largest absolute Gasteiger partial charge is 0.495 e. The Morgan fingerprint density at radius 1 is 1.19 bits per heavy atom. The molecular weight excluding hydrogens is 342 g/mol. The first kappa shape index (κ1) is 17.3. The predicted octanol–water partition coefficient (Wildman–Crippen LogP) is 2.31. The van der Waals surface area contributed by atoms with Gasteiger partial charge in [-0.3, -0.25) is 9.59 Å². The lowest BCUT2D eigenvalue weighted by Gasteiger charge is -2.18. The van der Waals surface area contributed by atoms with E-state index >= 15 is 0 Å². The molecule has 2 unspecified atom stereocenters. The number of rotatable bonds is 6. The monoisotopic (exact) mass is 359 g/mol. The highest BCUT2D eigenvalue weighted by Gasteiger charge is 2.22. The van der Waals surface area contributed by atoms with Crippen LogP contribution in [0.2, 0.25) is 0 Å². The first-order chi connectivity index (χ1) is 9.81. The number of methoxy groups -OCH3 is 2. The fraction of sp³-hybridized carbons (Fsp3) is 0.429. The van der Waals surface area contributed by atoms with Crippen LogP contribution in [-0.2, 0) is 4.79 Å². The lowest BCUT2D eigenvalue weighted by atomic mass is 10.0. The van der Waals surface area contributed by atoms with E-state index in [1.54, 1.807) is 19.1 Å². The van der Waals surface area contributed by atoms with Crippen LogP contribution in [0.25, 0.3) is 0 Å². The number of carbonyl (C=O) groups is 2. The summed E-state index contributed by atoms with van der Waals surface area (Å²) in [5.41, 5.74) is 0.330. The number of hydrogen-bond acceptors (Lipinski definition) is 4. The number of carboxylic acid groups (broad SMARTS) is 1. The van der Waals surface area contributed by atoms with Gasteiger partial charge >= 0.3 is 5.97 Å². The number of halogens is 1. The second kappa shape index (κ2) is 7.31. The van der Waals surface area contributed by atoms with Crippen LogP contribution in [0, 0.1) is 5.92 Å². The third kappa shape index (κ3) is 4.10. The molecule has 0 aliphatic carbocycles. The Labute approximate surface area is 131 Å². The summed E-state index contributed by atoms with van der Waals surface area (Å²) in [5.74, 6) is -1.13. The van der Waals surface area contributed by atoms with Gasteiger partial charge in [-0.1, -0.05) is 0 Å². The Hall–Kier alpha value is -1.76. The van der Waals surface area contributed by atoms with Crippen molar-refractivity contribution in [3.63, 3.8) is 0 Å². The van der Waals surface area contributed by atoms with Gasteiger partial charge in [-0.25, -0.2) is 0 Å². The van der Waals surface area contributed by atoms with E-state index in [9.17, 15) is 9.59 Å². The molecule has 2 N–H and O–H groups in total. The Morgan fingerprint density at radius 2 is 1.67 bits per heavy atom. The van der Waals surface area contributed by atoms with Crippen molar-refractivity contribution in [1.82, 2.24) is 5.32 Å². The first-order valence-electron chi connectivity index (χ1n) is 6.27. The molecule has 0 aromatic heterocycles. The van der Waals surface area contributed by atoms with Gasteiger partial charge in [-0.05, 0) is 41.9 Å². The second-order valence-corrected chi connectivity index (χ2v) is 5.38. The number of benzene rings is 1. The standard InChI is InChI=1S/C14H18BrNO5/c1-7(14(18)19)8(2)16-13(17)9-5-10(20-3)12(15)11(6-9)21-4/h5-8H,1-4H3,(H,16,17)(H,18,19). The molecule has 0 bridgehead atoms. The predicted molar refractivity (Wildman–Crippen MR) is 81.0 cm³/mol. The fourth-order valence-electron chi connectivity index (χ4n) is 1.63. The minimum absolute atomic E-state index is 0.330. The lowest BCUT2D eigenvalue weighted by Crippen LogP contribution is -2.40. The lowest BCUT2D eigenvalue weighted by molar-refractivity contribution is -0.141. The number of carbonyl (C=O) groups excluding carboxylic acids is 1. The van der Waals surface area contributed by atoms with Gasteiger partial charge in [0.15, 0.2) is 0 Å². The fourth-order valence-corrected chi connectivity index (χ4v) is 2.18. The van der Waals surface area contributed by atoms with Gasteiger partial charge in [0.2, 0.25) is 0 Å². The maximum Gasteiger partial charge on any atom is 0.308 e. The van der Waals surface area contributed by atoms with Crippen LogP contribution >= 0.6 is 15.9 Å². The van der Waals surface area contributed by atoms with Gasteiger partial charge in [-0.2, -0.15) is 0 Å². The summed E-state index contributed by atoms with van der Waals surface area (Å²) >= 11 is 3.32. The van der Waals surface area contributed by atoms with Crippen LogP contribution < -0.4 is 14.8 Å². The smallest absolute Gasteiger partial charge is 0.308 e. The van der Waals surface area contributed by atoms with E-state index in [1.807, 2.05) is 0 Å². The van der Waals surface area contributed by atoms with E-state index in [0.29, 0.717) is 21.5 Å². The summed E-state index contributed by atoms with van der Waals surface area (Å²) in [5, 5.41) is 11.6. The molecular formula is C14H18BrNO5. The van der Waals surface area contributed by atoms with Crippen molar-refractivity contribution in [3.8, 4) is 11.5 Å². The van der Waals surface area contributed by atoms with Crippen LogP contribution in [0.1, 0.15) is 24.2 Å². The maximum absolute atomic E-state index is 12.2. The Bertz CT molecular complexity index is 521. The number of carboxylic acids is 1. The topological polar surface area (TPSA) is 84.9 Å². The highest BCUT2D eigenvalue weighted by atomic mass is 79.9. The van der Waals surface area contributed by atoms with E-state index in [2.05, 4.69) is 21.2 Å². The molecule has 6 nitrogen and oxygen atoms in total. The molecule has 0 radical (unpaired) electrons. The number of nitrogens with one attached hydrogen (secondary N) is 1. The van der Waals surface area contributed by atoms with E-state index in [4.69, 9.17) is 14.6 Å². The molecule has 1 rings (SSSR count). The molecule has 2 atom stereocenters. The number of aliphatic carboxylic acids is 1. The molecule has 116 valence electrons. The first-order valence-corrected chi connectivity index (χ1v) is 7.06. The third-order valence-electron chi connectivity index (χ3n) is 3.21. The molecule has 0 spiro atoms. The van der Waals surface area contributed by atoms with E-state index in [-0.39, 0.29) is 5.91 Å². The number of hydrogen-bond donors (Lipinski definition) is 2. The summed E-state index contributed by atoms with van der Waals surface area (Å²) in [7, 11) is 2.96. The quantitative estimate of drug-likeness (QED) is 0.813. The van der Waals surface area contributed by atoms with Gasteiger partial charge in [-0.15, -0.1) is 0 Å². The van der Waals surface area contributed by atoms with Gasteiger partial charge in [0.25, 0.3) is 5.91 Å². The molecule has 0 saturated carbocycles. The van der Waals surface area contributed by atoms with Crippen molar-refractivity contribution in [3.05, 3.63) is 22.2 Å². The van der Waals surface area contributed by atoms with Gasteiger partial charge < -0.3 is 19.9 Å². The normalized spacial score (nSPS) is 13.2. The van der Waals surface area contributed by atoms with Crippen molar-refractivity contribution >= 4 is 27.8 Å². The molecule has 1 amide bonds. The Kier molecular flexibility index (Phi) is 6.02. The minimum atomic E-state index is -0.964. The van der Waals surface area contributed by atoms with E-state index in [0.717, 1.165) is 0 Å². The van der Waals surface area contributed by atoms with Crippen LogP contribution in [-0.4, -0.2) is 37.2 Å². The molecule has 0 heterocycles. The van der Waals surface area contributed by atoms with Crippen molar-refractivity contribution in [1.29, 1.82) is 0 Å². The molecule has 0 fully saturated rings. The van der Waals surface area contributed by atoms with Gasteiger partial charge in [0.1, 0.15) is 16.0 Å². The minimum Gasteiger partial charge on any atom is -0.495 e. The van der Waals surface area contributed by atoms with Crippen molar-refractivity contribution in [2.24, 2.45) is 5.92 Å². The van der Waals surface area contributed by atoms with Crippen LogP contribution in [0.3, 0.4) is 0 Å². The maximum atomic E-state index is 12.2. The molecule has 21 heavy (non-hydrogen) atoms. The zero-order valence-corrected chi connectivity index (χ0v) is 13.9. The summed E-state index contributed by atoms with van der Waals surface area (Å²) in [4.78, 5) is 23.1.